The summed E-state index contributed by atoms with van der Waals surface area (Å²) in [5.41, 5.74) is 7.68. The summed E-state index contributed by atoms with van der Waals surface area (Å²) in [5, 5.41) is 12.1. The summed E-state index contributed by atoms with van der Waals surface area (Å²) in [6.45, 7) is 0. The fourth-order valence-corrected chi connectivity index (χ4v) is 4.77. The average Bonchev–Trinajstić information content (AvgIpc) is 3.42. The Hall–Kier alpha value is -3.07. The van der Waals surface area contributed by atoms with E-state index in [1.165, 1.54) is 11.8 Å². The first kappa shape index (κ1) is 19.9. The number of aromatic nitrogens is 3. The smallest absolute Gasteiger partial charge is 0.254 e. The van der Waals surface area contributed by atoms with E-state index in [-0.39, 0.29) is 17.5 Å². The van der Waals surface area contributed by atoms with Gasteiger partial charge >= 0.3 is 0 Å². The number of hydrogen-bond acceptors (Lipinski definition) is 6. The van der Waals surface area contributed by atoms with E-state index in [0.717, 1.165) is 61.4 Å². The van der Waals surface area contributed by atoms with E-state index in [4.69, 9.17) is 10.2 Å². The van der Waals surface area contributed by atoms with Gasteiger partial charge in [-0.25, -0.2) is 0 Å². The van der Waals surface area contributed by atoms with E-state index in [1.807, 2.05) is 34.9 Å². The number of fused-ring (bicyclic) bond motifs is 1. The van der Waals surface area contributed by atoms with E-state index in [0.29, 0.717) is 16.6 Å². The molecule has 1 fully saturated rings. The maximum absolute atomic E-state index is 12.7. The molecule has 5 rings (SSSR count). The number of nitrogens with two attached hydrogens (primary N) is 1. The second-order valence-electron chi connectivity index (χ2n) is 7.90. The number of amides is 2. The van der Waals surface area contributed by atoms with Crippen molar-refractivity contribution in [1.82, 2.24) is 14.8 Å². The van der Waals surface area contributed by atoms with E-state index in [1.54, 1.807) is 0 Å². The maximum atomic E-state index is 12.7. The third-order valence-electron chi connectivity index (χ3n) is 5.62. The summed E-state index contributed by atoms with van der Waals surface area (Å²) in [6.07, 6.45) is 5.69. The highest BCUT2D eigenvalue weighted by atomic mass is 32.2. The topological polar surface area (TPSA) is 116 Å². The third kappa shape index (κ3) is 3.97. The molecule has 0 saturated heterocycles. The lowest BCUT2D eigenvalue weighted by molar-refractivity contribution is -0.113. The first-order chi connectivity index (χ1) is 15.1. The standard InChI is InChI=1S/C22H23N5O3S/c23-19(29)18-15-8-4-5-9-16(15)30-21(18)24-17(28)12-31-22-26-25-20(13-10-11-13)27(22)14-6-2-1-3-7-14/h1-3,6-7,13H,4-5,8-12H2,(H2,23,29)(H,24,28). The van der Waals surface area contributed by atoms with Gasteiger partial charge in [0.05, 0.1) is 5.75 Å². The van der Waals surface area contributed by atoms with Gasteiger partial charge in [0.1, 0.15) is 17.1 Å². The first-order valence-corrected chi connectivity index (χ1v) is 11.5. The van der Waals surface area contributed by atoms with Crippen molar-refractivity contribution in [2.75, 3.05) is 11.1 Å². The van der Waals surface area contributed by atoms with Crippen LogP contribution in [0.4, 0.5) is 5.88 Å². The number of thioether (sulfide) groups is 1. The number of hydrogen-bond donors (Lipinski definition) is 2. The molecule has 2 heterocycles. The largest absolute Gasteiger partial charge is 0.444 e. The number of carbonyl (C=O) groups is 2. The number of nitrogens with one attached hydrogen (secondary N) is 1. The fourth-order valence-electron chi connectivity index (χ4n) is 4.01. The number of furan rings is 1. The Morgan fingerprint density at radius 1 is 1.16 bits per heavy atom. The number of nitrogens with zero attached hydrogens (tertiary/aromatic N) is 3. The second-order valence-corrected chi connectivity index (χ2v) is 8.84. The van der Waals surface area contributed by atoms with Crippen molar-refractivity contribution in [2.24, 2.45) is 5.73 Å². The molecule has 0 atom stereocenters. The van der Waals surface area contributed by atoms with Gasteiger partial charge in [-0.2, -0.15) is 0 Å². The summed E-state index contributed by atoms with van der Waals surface area (Å²) < 4.78 is 7.81. The Balaban J connectivity index is 1.33. The van der Waals surface area contributed by atoms with Gasteiger partial charge in [-0.05, 0) is 44.2 Å². The highest BCUT2D eigenvalue weighted by Crippen LogP contribution is 2.41. The van der Waals surface area contributed by atoms with E-state index in [2.05, 4.69) is 15.5 Å². The van der Waals surface area contributed by atoms with Gasteiger partial charge < -0.3 is 10.2 Å². The lowest BCUT2D eigenvalue weighted by Gasteiger charge is -2.09. The van der Waals surface area contributed by atoms with Gasteiger partial charge in [-0.15, -0.1) is 10.2 Å². The van der Waals surface area contributed by atoms with Crippen LogP contribution in [0.2, 0.25) is 0 Å². The summed E-state index contributed by atoms with van der Waals surface area (Å²) in [4.78, 5) is 24.6. The zero-order valence-electron chi connectivity index (χ0n) is 17.0. The van der Waals surface area contributed by atoms with Gasteiger partial charge in [0, 0.05) is 23.6 Å². The lowest BCUT2D eigenvalue weighted by Crippen LogP contribution is -2.19. The molecule has 2 aliphatic rings. The SMILES string of the molecule is NC(=O)c1c(NC(=O)CSc2nnc(C3CC3)n2-c2ccccc2)oc2c1CCCC2. The van der Waals surface area contributed by atoms with Gasteiger partial charge in [-0.3, -0.25) is 19.5 Å². The number of aryl methyl sites for hydroxylation is 1. The summed E-state index contributed by atoms with van der Waals surface area (Å²) >= 11 is 1.30. The maximum Gasteiger partial charge on any atom is 0.254 e. The molecule has 0 spiro atoms. The molecule has 3 aromatic rings. The number of para-hydroxylation sites is 1. The molecule has 0 radical (unpaired) electrons. The van der Waals surface area contributed by atoms with Crippen LogP contribution in [0.3, 0.4) is 0 Å². The molecule has 2 amide bonds. The molecule has 0 bridgehead atoms. The van der Waals surface area contributed by atoms with Crippen LogP contribution < -0.4 is 11.1 Å². The minimum absolute atomic E-state index is 0.110. The van der Waals surface area contributed by atoms with Crippen molar-refractivity contribution < 1.29 is 14.0 Å². The highest BCUT2D eigenvalue weighted by Gasteiger charge is 2.31. The molecular weight excluding hydrogens is 414 g/mol. The number of anilines is 1. The van der Waals surface area contributed by atoms with Crippen molar-refractivity contribution in [2.45, 2.75) is 49.6 Å². The molecule has 1 saturated carbocycles. The first-order valence-electron chi connectivity index (χ1n) is 10.5. The number of rotatable bonds is 7. The van der Waals surface area contributed by atoms with Crippen LogP contribution in [0.25, 0.3) is 5.69 Å². The Labute approximate surface area is 183 Å². The monoisotopic (exact) mass is 437 g/mol. The van der Waals surface area contributed by atoms with Crippen LogP contribution >= 0.6 is 11.8 Å². The second kappa shape index (κ2) is 8.22. The van der Waals surface area contributed by atoms with E-state index < -0.39 is 5.91 Å². The Bertz CT molecular complexity index is 1130. The van der Waals surface area contributed by atoms with E-state index >= 15 is 0 Å². The quantitative estimate of drug-likeness (QED) is 0.547. The van der Waals surface area contributed by atoms with Crippen LogP contribution in [-0.4, -0.2) is 32.3 Å². The summed E-state index contributed by atoms with van der Waals surface area (Å²) in [5.74, 6) is 1.52. The summed E-state index contributed by atoms with van der Waals surface area (Å²) in [7, 11) is 0. The molecule has 0 aliphatic heterocycles. The van der Waals surface area contributed by atoms with Crippen molar-refractivity contribution in [3.05, 3.63) is 53.0 Å². The Morgan fingerprint density at radius 3 is 2.68 bits per heavy atom. The molecule has 8 nitrogen and oxygen atoms in total. The van der Waals surface area contributed by atoms with Crippen molar-refractivity contribution in [3.63, 3.8) is 0 Å². The number of primary amides is 1. The Kier molecular flexibility index (Phi) is 5.27. The average molecular weight is 438 g/mol. The van der Waals surface area contributed by atoms with E-state index in [9.17, 15) is 9.59 Å². The third-order valence-corrected chi connectivity index (χ3v) is 6.55. The predicted octanol–water partition coefficient (Wildman–Crippen LogP) is 3.45. The van der Waals surface area contributed by atoms with Gasteiger partial charge in [0.25, 0.3) is 5.91 Å². The summed E-state index contributed by atoms with van der Waals surface area (Å²) in [6, 6.07) is 9.91. The van der Waals surface area contributed by atoms with Crippen molar-refractivity contribution in [3.8, 4) is 5.69 Å². The van der Waals surface area contributed by atoms with Crippen LogP contribution in [0.5, 0.6) is 0 Å². The number of carbonyl (C=O) groups excluding carboxylic acids is 2. The lowest BCUT2D eigenvalue weighted by atomic mass is 9.95. The molecule has 160 valence electrons. The molecule has 1 aromatic carbocycles. The molecular formula is C22H23N5O3S. The van der Waals surface area contributed by atoms with Crippen LogP contribution in [0, 0.1) is 0 Å². The molecule has 2 aromatic heterocycles. The fraction of sp³-hybridized carbons (Fsp3) is 0.364. The zero-order valence-corrected chi connectivity index (χ0v) is 17.8. The molecule has 0 unspecified atom stereocenters. The van der Waals surface area contributed by atoms with Crippen LogP contribution in [0.1, 0.15) is 59.1 Å². The molecule has 2 aliphatic carbocycles. The van der Waals surface area contributed by atoms with Gasteiger partial charge in [0.2, 0.25) is 11.8 Å². The highest BCUT2D eigenvalue weighted by molar-refractivity contribution is 7.99. The van der Waals surface area contributed by atoms with Crippen molar-refractivity contribution in [1.29, 1.82) is 0 Å². The van der Waals surface area contributed by atoms with Gasteiger partial charge in [0.15, 0.2) is 5.16 Å². The Morgan fingerprint density at radius 2 is 1.94 bits per heavy atom. The predicted molar refractivity (Wildman–Crippen MR) is 117 cm³/mol. The normalized spacial score (nSPS) is 15.5. The molecule has 3 N–H and O–H groups in total. The van der Waals surface area contributed by atoms with Gasteiger partial charge in [-0.1, -0.05) is 30.0 Å². The van der Waals surface area contributed by atoms with Crippen LogP contribution in [0.15, 0.2) is 39.9 Å². The van der Waals surface area contributed by atoms with Crippen molar-refractivity contribution >= 4 is 29.5 Å². The molecule has 31 heavy (non-hydrogen) atoms. The zero-order chi connectivity index (χ0) is 21.4. The minimum atomic E-state index is -0.576. The minimum Gasteiger partial charge on any atom is -0.444 e. The number of benzene rings is 1. The van der Waals surface area contributed by atoms with Crippen LogP contribution in [-0.2, 0) is 17.6 Å². The molecule has 9 heteroatoms.